The van der Waals surface area contributed by atoms with Gasteiger partial charge in [0, 0.05) is 50.5 Å². The lowest BCUT2D eigenvalue weighted by atomic mass is 9.33. The average Bonchev–Trinajstić information content (AvgIpc) is 0.736. The third-order valence-corrected chi connectivity index (χ3v) is 34.2. The number of hydrogen-bond acceptors (Lipinski definition) is 2. The largest absolute Gasteiger partial charge is 0.311 e. The van der Waals surface area contributed by atoms with Crippen molar-refractivity contribution in [2.45, 2.75) is 52.4 Å². The second-order valence-corrected chi connectivity index (χ2v) is 41.1. The van der Waals surface area contributed by atoms with Crippen LogP contribution in [0.2, 0.25) is 0 Å². The standard InChI is InChI=1S/C110H88BN3Si2/c1-109(2,3)84-60-67-103(98(72-84)81-42-21-10-22-43-81)114-104-73-87(113-101-56-33-31-54-96(101)97-55-32-34-57-102(97)113)63-65-99(104)111-100-66-64-93(116(90-49-27-13-28-50-90,91-51-29-14-30-52-91)94-70-83(79-40-19-9-20-41-79)68-85(71-94)110(4,5)6)74-105(100)112(86-61-58-80(59-62-86)77-36-15-7-16-37-77)106-75-95(76-107(114)108(106)111)115(88-45-23-11-24-46-88,89-47-25-12-26-48-89)92-53-35-44-82(69-92)78-38-17-8-18-39-78/h7-76H,1-6H3. The minimum Gasteiger partial charge on any atom is -0.311 e. The first-order valence-corrected chi connectivity index (χ1v) is 44.8. The predicted octanol–water partition coefficient (Wildman–Crippen LogP) is 20.9. The molecule has 2 aliphatic heterocycles. The lowest BCUT2D eigenvalue weighted by Gasteiger charge is -2.47. The van der Waals surface area contributed by atoms with Crippen LogP contribution in [-0.4, -0.2) is 27.4 Å². The summed E-state index contributed by atoms with van der Waals surface area (Å²) in [4.78, 5) is 5.44. The Hall–Kier alpha value is -13.4. The van der Waals surface area contributed by atoms with E-state index in [4.69, 9.17) is 0 Å². The number of nitrogens with zero attached hydrogens (tertiary/aromatic N) is 3. The van der Waals surface area contributed by atoms with Crippen molar-refractivity contribution in [2.75, 3.05) is 9.80 Å². The van der Waals surface area contributed by atoms with Crippen LogP contribution in [0.15, 0.2) is 425 Å². The highest BCUT2D eigenvalue weighted by molar-refractivity contribution is 7.21. The Balaban J connectivity index is 0.975. The van der Waals surface area contributed by atoms with E-state index in [1.54, 1.807) is 0 Å². The molecule has 18 aromatic rings. The van der Waals surface area contributed by atoms with Crippen LogP contribution in [0, 0.1) is 0 Å². The SMILES string of the molecule is CC(C)(C)c1cc(-c2ccccc2)cc([Si](c2ccccc2)(c2ccccc2)c2ccc3c(c2)N(c2ccc(-c4ccccc4)cc2)c2cc([Si](c4ccccc4)(c4ccccc4)c4cccc(-c5ccccc5)c4)cc4c2B3c2ccc(-n3c5ccccc5c5ccccc53)cc2N4c2ccc(C(C)(C)C)cc2-c2ccccc2)c1. The molecule has 0 fully saturated rings. The van der Waals surface area contributed by atoms with Crippen molar-refractivity contribution in [1.29, 1.82) is 0 Å². The molecule has 3 nitrogen and oxygen atoms in total. The van der Waals surface area contributed by atoms with Gasteiger partial charge >= 0.3 is 0 Å². The van der Waals surface area contributed by atoms with Gasteiger partial charge in [-0.2, -0.15) is 0 Å². The third kappa shape index (κ3) is 12.1. The first kappa shape index (κ1) is 71.7. The normalized spacial score (nSPS) is 12.7. The average molecular weight is 1520 g/mol. The maximum Gasteiger partial charge on any atom is 0.252 e. The number of hydrogen-bond donors (Lipinski definition) is 0. The summed E-state index contributed by atoms with van der Waals surface area (Å²) >= 11 is 0. The first-order valence-electron chi connectivity index (χ1n) is 40.8. The van der Waals surface area contributed by atoms with Crippen LogP contribution in [-0.2, 0) is 10.8 Å². The van der Waals surface area contributed by atoms with E-state index >= 15 is 0 Å². The molecule has 0 amide bonds. The molecule has 116 heavy (non-hydrogen) atoms. The third-order valence-electron chi connectivity index (χ3n) is 24.7. The van der Waals surface area contributed by atoms with Crippen LogP contribution in [0.5, 0.6) is 0 Å². The van der Waals surface area contributed by atoms with Gasteiger partial charge in [0.1, 0.15) is 0 Å². The summed E-state index contributed by atoms with van der Waals surface area (Å²) < 4.78 is 2.51. The predicted molar refractivity (Wildman–Crippen MR) is 501 cm³/mol. The van der Waals surface area contributed by atoms with Gasteiger partial charge < -0.3 is 14.4 Å². The van der Waals surface area contributed by atoms with Gasteiger partial charge in [-0.1, -0.05) is 399 Å². The van der Waals surface area contributed by atoms with Crippen molar-refractivity contribution in [3.8, 4) is 50.2 Å². The maximum atomic E-state index is 2.72. The van der Waals surface area contributed by atoms with E-state index < -0.39 is 16.1 Å². The van der Waals surface area contributed by atoms with Gasteiger partial charge in [-0.05, 0) is 186 Å². The van der Waals surface area contributed by atoms with Gasteiger partial charge in [0.05, 0.1) is 16.7 Å². The van der Waals surface area contributed by atoms with Crippen molar-refractivity contribution in [3.63, 3.8) is 0 Å². The number of fused-ring (bicyclic) bond motifs is 7. The molecule has 0 unspecified atom stereocenters. The Kier molecular flexibility index (Phi) is 17.9. The molecule has 0 N–H and O–H groups in total. The molecule has 0 spiro atoms. The summed E-state index contributed by atoms with van der Waals surface area (Å²) in [5, 5.41) is 12.9. The Morgan fingerprint density at radius 2 is 0.603 bits per heavy atom. The molecule has 2 aliphatic rings. The minimum absolute atomic E-state index is 0.166. The van der Waals surface area contributed by atoms with Crippen LogP contribution >= 0.6 is 0 Å². The van der Waals surface area contributed by atoms with Crippen molar-refractivity contribution in [1.82, 2.24) is 4.57 Å². The molecule has 0 saturated carbocycles. The van der Waals surface area contributed by atoms with Crippen LogP contribution in [0.3, 0.4) is 0 Å². The number of para-hydroxylation sites is 2. The van der Waals surface area contributed by atoms with Gasteiger partial charge in [-0.3, -0.25) is 0 Å². The van der Waals surface area contributed by atoms with Crippen molar-refractivity contribution in [3.05, 3.63) is 436 Å². The van der Waals surface area contributed by atoms with E-state index in [0.717, 1.165) is 67.5 Å². The molecule has 0 radical (unpaired) electrons. The number of aromatic nitrogens is 1. The summed E-state index contributed by atoms with van der Waals surface area (Å²) in [6.07, 6.45) is 0. The fraction of sp³-hybridized carbons (Fsp3) is 0.0727. The Bertz CT molecular complexity index is 6570. The second kappa shape index (κ2) is 28.9. The molecule has 6 heteroatoms. The minimum atomic E-state index is -3.57. The second-order valence-electron chi connectivity index (χ2n) is 33.5. The Morgan fingerprint density at radius 1 is 0.224 bits per heavy atom. The smallest absolute Gasteiger partial charge is 0.252 e. The summed E-state index contributed by atoms with van der Waals surface area (Å²) in [6.45, 7) is 13.9. The van der Waals surface area contributed by atoms with Gasteiger partial charge in [-0.15, -0.1) is 0 Å². The fourth-order valence-corrected chi connectivity index (χ4v) is 28.8. The highest BCUT2D eigenvalue weighted by Crippen LogP contribution is 2.49. The van der Waals surface area contributed by atoms with E-state index in [-0.39, 0.29) is 17.5 Å². The van der Waals surface area contributed by atoms with Gasteiger partial charge in [0.25, 0.3) is 6.71 Å². The molecule has 0 atom stereocenters. The molecule has 554 valence electrons. The first-order chi connectivity index (χ1) is 56.8. The van der Waals surface area contributed by atoms with E-state index in [9.17, 15) is 0 Å². The van der Waals surface area contributed by atoms with E-state index in [0.29, 0.717) is 0 Å². The fourth-order valence-electron chi connectivity index (χ4n) is 19.2. The number of anilines is 6. The summed E-state index contributed by atoms with van der Waals surface area (Å²) in [5.41, 5.74) is 25.5. The topological polar surface area (TPSA) is 11.4 Å². The highest BCUT2D eigenvalue weighted by Gasteiger charge is 2.50. The maximum absolute atomic E-state index is 3.57. The number of benzene rings is 17. The quantitative estimate of drug-likeness (QED) is 0.0749. The van der Waals surface area contributed by atoms with Gasteiger partial charge in [-0.25, -0.2) is 0 Å². The zero-order valence-electron chi connectivity index (χ0n) is 66.3. The molecule has 0 bridgehead atoms. The van der Waals surface area contributed by atoms with Crippen molar-refractivity contribution >= 4 is 137 Å². The Morgan fingerprint density at radius 3 is 1.12 bits per heavy atom. The van der Waals surface area contributed by atoms with Crippen LogP contribution in [0.25, 0.3) is 72.0 Å². The van der Waals surface area contributed by atoms with Crippen LogP contribution in [0.4, 0.5) is 34.1 Å². The van der Waals surface area contributed by atoms with E-state index in [1.165, 1.54) is 108 Å². The van der Waals surface area contributed by atoms with E-state index in [1.807, 2.05) is 0 Å². The highest BCUT2D eigenvalue weighted by atomic mass is 28.3. The van der Waals surface area contributed by atoms with Crippen molar-refractivity contribution < 1.29 is 0 Å². The Labute approximate surface area is 684 Å². The zero-order chi connectivity index (χ0) is 78.3. The number of rotatable bonds is 15. The monoisotopic (exact) mass is 1520 g/mol. The molecule has 1 aromatic heterocycles. The summed E-state index contributed by atoms with van der Waals surface area (Å²) in [5.74, 6) is 0. The molecular weight excluding hydrogens is 1430 g/mol. The summed E-state index contributed by atoms with van der Waals surface area (Å²) in [7, 11) is -7.01. The van der Waals surface area contributed by atoms with Gasteiger partial charge in [0.2, 0.25) is 0 Å². The van der Waals surface area contributed by atoms with Crippen LogP contribution in [0.1, 0.15) is 52.7 Å². The molecule has 17 aromatic carbocycles. The molecule has 0 saturated heterocycles. The summed E-state index contributed by atoms with van der Waals surface area (Å²) in [6, 6.07) is 163. The lowest BCUT2D eigenvalue weighted by molar-refractivity contribution is 0.590. The lowest BCUT2D eigenvalue weighted by Crippen LogP contribution is -2.75. The molecular formula is C110H88BN3Si2. The van der Waals surface area contributed by atoms with Gasteiger partial charge in [0.15, 0.2) is 16.1 Å². The molecule has 0 aliphatic carbocycles. The van der Waals surface area contributed by atoms with Crippen molar-refractivity contribution in [2.24, 2.45) is 0 Å². The molecule has 3 heterocycles. The van der Waals surface area contributed by atoms with Crippen LogP contribution < -0.4 is 67.7 Å². The van der Waals surface area contributed by atoms with E-state index in [2.05, 4.69) is 481 Å². The zero-order valence-corrected chi connectivity index (χ0v) is 68.3. The molecule has 20 rings (SSSR count).